The number of esters is 1. The number of nitrogen functional groups attached to an aromatic ring is 1. The van der Waals surface area contributed by atoms with Gasteiger partial charge in [0.05, 0.1) is 24.1 Å². The first-order valence-corrected chi connectivity index (χ1v) is 5.53. The maximum atomic E-state index is 11.7. The minimum atomic E-state index is -0.526. The Morgan fingerprint density at radius 1 is 1.58 bits per heavy atom. The number of nitriles is 1. The van der Waals surface area contributed by atoms with E-state index in [4.69, 9.17) is 15.7 Å². The third-order valence-corrected chi connectivity index (χ3v) is 2.40. The summed E-state index contributed by atoms with van der Waals surface area (Å²) < 4.78 is 6.36. The number of imidazole rings is 1. The van der Waals surface area contributed by atoms with Crippen LogP contribution in [0.15, 0.2) is 24.7 Å². The zero-order chi connectivity index (χ0) is 13.8. The molecule has 0 fully saturated rings. The van der Waals surface area contributed by atoms with Crippen LogP contribution in [0.25, 0.3) is 5.82 Å². The van der Waals surface area contributed by atoms with Crippen LogP contribution in [-0.4, -0.2) is 27.1 Å². The van der Waals surface area contributed by atoms with Crippen LogP contribution in [0.2, 0.25) is 0 Å². The summed E-state index contributed by atoms with van der Waals surface area (Å²) in [4.78, 5) is 19.7. The molecule has 0 saturated heterocycles. The molecule has 0 amide bonds. The number of ether oxygens (including phenoxy) is 1. The van der Waals surface area contributed by atoms with Gasteiger partial charge in [0.25, 0.3) is 0 Å². The van der Waals surface area contributed by atoms with Crippen molar-refractivity contribution in [1.82, 2.24) is 14.5 Å². The van der Waals surface area contributed by atoms with Gasteiger partial charge < -0.3 is 10.5 Å². The lowest BCUT2D eigenvalue weighted by Gasteiger charge is -2.08. The van der Waals surface area contributed by atoms with Crippen molar-refractivity contribution in [1.29, 1.82) is 5.26 Å². The Bertz CT molecular complexity index is 656. The Kier molecular flexibility index (Phi) is 3.43. The maximum Gasteiger partial charge on any atom is 0.340 e. The second kappa shape index (κ2) is 5.18. The quantitative estimate of drug-likeness (QED) is 0.818. The largest absolute Gasteiger partial charge is 0.462 e. The lowest BCUT2D eigenvalue weighted by molar-refractivity contribution is 0.0527. The zero-order valence-corrected chi connectivity index (χ0v) is 10.2. The summed E-state index contributed by atoms with van der Waals surface area (Å²) in [5.41, 5.74) is 6.13. The van der Waals surface area contributed by atoms with E-state index >= 15 is 0 Å². The summed E-state index contributed by atoms with van der Waals surface area (Å²) in [6, 6.07) is 3.40. The molecule has 0 aliphatic rings. The van der Waals surface area contributed by atoms with Gasteiger partial charge in [-0.2, -0.15) is 5.26 Å². The first-order chi connectivity index (χ1) is 9.17. The van der Waals surface area contributed by atoms with Crippen molar-refractivity contribution < 1.29 is 9.53 Å². The first-order valence-electron chi connectivity index (χ1n) is 5.53. The first kappa shape index (κ1) is 12.6. The van der Waals surface area contributed by atoms with Crippen molar-refractivity contribution in [3.05, 3.63) is 36.0 Å². The molecular formula is C12H11N5O2. The van der Waals surface area contributed by atoms with Gasteiger partial charge in [0.1, 0.15) is 11.9 Å². The number of hydrogen-bond acceptors (Lipinski definition) is 6. The normalized spacial score (nSPS) is 9.89. The Morgan fingerprint density at radius 3 is 3.05 bits per heavy atom. The number of pyridine rings is 1. The van der Waals surface area contributed by atoms with E-state index in [1.54, 1.807) is 13.1 Å². The number of rotatable bonds is 3. The third-order valence-electron chi connectivity index (χ3n) is 2.40. The van der Waals surface area contributed by atoms with Crippen LogP contribution < -0.4 is 5.73 Å². The van der Waals surface area contributed by atoms with Crippen LogP contribution >= 0.6 is 0 Å². The van der Waals surface area contributed by atoms with Gasteiger partial charge in [-0.25, -0.2) is 14.8 Å². The van der Waals surface area contributed by atoms with E-state index in [9.17, 15) is 4.79 Å². The minimum Gasteiger partial charge on any atom is -0.462 e. The molecule has 0 atom stereocenters. The molecule has 0 spiro atoms. The molecule has 2 aromatic rings. The average Bonchev–Trinajstić information content (AvgIpc) is 2.88. The van der Waals surface area contributed by atoms with Gasteiger partial charge in [0, 0.05) is 12.4 Å². The highest BCUT2D eigenvalue weighted by Crippen LogP contribution is 2.16. The summed E-state index contributed by atoms with van der Waals surface area (Å²) >= 11 is 0. The molecule has 7 nitrogen and oxygen atoms in total. The van der Waals surface area contributed by atoms with Crippen LogP contribution in [0, 0.1) is 11.3 Å². The van der Waals surface area contributed by atoms with Crippen LogP contribution in [0.5, 0.6) is 0 Å². The molecule has 0 aromatic carbocycles. The molecule has 0 aliphatic heterocycles. The number of nitrogens with two attached hydrogens (primary N) is 1. The molecule has 0 bridgehead atoms. The predicted octanol–water partition coefficient (Wildman–Crippen LogP) is 0.898. The van der Waals surface area contributed by atoms with Crippen LogP contribution in [-0.2, 0) is 4.74 Å². The highest BCUT2D eigenvalue weighted by Gasteiger charge is 2.14. The van der Waals surface area contributed by atoms with E-state index in [2.05, 4.69) is 9.97 Å². The lowest BCUT2D eigenvalue weighted by Crippen LogP contribution is -2.10. The number of hydrogen-bond donors (Lipinski definition) is 1. The standard InChI is InChI=1S/C12H11N5O2/c1-2-19-12(18)8-5-10(16-7-9(8)14)17-4-3-15-11(17)6-13/h3-5,7H,2,14H2,1H3. The van der Waals surface area contributed by atoms with Gasteiger partial charge in [-0.1, -0.05) is 0 Å². The monoisotopic (exact) mass is 257 g/mol. The molecule has 0 radical (unpaired) electrons. The molecule has 2 heterocycles. The van der Waals surface area contributed by atoms with Gasteiger partial charge >= 0.3 is 5.97 Å². The van der Waals surface area contributed by atoms with Gasteiger partial charge in [-0.05, 0) is 13.0 Å². The minimum absolute atomic E-state index is 0.173. The van der Waals surface area contributed by atoms with E-state index in [-0.39, 0.29) is 23.7 Å². The van der Waals surface area contributed by atoms with E-state index in [1.807, 2.05) is 6.07 Å². The molecule has 2 aromatic heterocycles. The predicted molar refractivity (Wildman–Crippen MR) is 66.4 cm³/mol. The number of carbonyl (C=O) groups is 1. The average molecular weight is 257 g/mol. The lowest BCUT2D eigenvalue weighted by atomic mass is 10.2. The second-order valence-electron chi connectivity index (χ2n) is 3.58. The van der Waals surface area contributed by atoms with Crippen molar-refractivity contribution in [2.75, 3.05) is 12.3 Å². The fourth-order valence-corrected chi connectivity index (χ4v) is 1.54. The molecule has 2 N–H and O–H groups in total. The maximum absolute atomic E-state index is 11.7. The van der Waals surface area contributed by atoms with Gasteiger partial charge in [0.2, 0.25) is 5.82 Å². The van der Waals surface area contributed by atoms with Gasteiger partial charge in [0.15, 0.2) is 0 Å². The van der Waals surface area contributed by atoms with Crippen LogP contribution in [0.1, 0.15) is 23.1 Å². The number of anilines is 1. The SMILES string of the molecule is CCOC(=O)c1cc(-n2ccnc2C#N)ncc1N. The van der Waals surface area contributed by atoms with E-state index < -0.39 is 5.97 Å². The second-order valence-corrected chi connectivity index (χ2v) is 3.58. The van der Waals surface area contributed by atoms with Crippen molar-refractivity contribution in [3.8, 4) is 11.9 Å². The number of nitrogens with zero attached hydrogens (tertiary/aromatic N) is 4. The fraction of sp³-hybridized carbons (Fsp3) is 0.167. The molecule has 0 aliphatic carbocycles. The topological polar surface area (TPSA) is 107 Å². The molecule has 7 heteroatoms. The van der Waals surface area contributed by atoms with Crippen molar-refractivity contribution in [3.63, 3.8) is 0 Å². The highest BCUT2D eigenvalue weighted by molar-refractivity contribution is 5.95. The summed E-state index contributed by atoms with van der Waals surface area (Å²) in [5, 5.41) is 8.91. The Labute approximate surface area is 109 Å². The smallest absolute Gasteiger partial charge is 0.340 e. The molecule has 19 heavy (non-hydrogen) atoms. The van der Waals surface area contributed by atoms with Gasteiger partial charge in [-0.3, -0.25) is 4.57 Å². The molecule has 2 rings (SSSR count). The number of aromatic nitrogens is 3. The summed E-state index contributed by atoms with van der Waals surface area (Å²) in [7, 11) is 0. The molecular weight excluding hydrogens is 246 g/mol. The summed E-state index contributed by atoms with van der Waals surface area (Å²) in [6.45, 7) is 1.96. The summed E-state index contributed by atoms with van der Waals surface area (Å²) in [5.74, 6) is 0.0284. The van der Waals surface area contributed by atoms with E-state index in [0.29, 0.717) is 5.82 Å². The van der Waals surface area contributed by atoms with Crippen LogP contribution in [0.4, 0.5) is 5.69 Å². The molecule has 0 saturated carbocycles. The Hall–Kier alpha value is -2.88. The summed E-state index contributed by atoms with van der Waals surface area (Å²) in [6.07, 6.45) is 4.40. The van der Waals surface area contributed by atoms with Gasteiger partial charge in [-0.15, -0.1) is 0 Å². The van der Waals surface area contributed by atoms with Crippen LogP contribution in [0.3, 0.4) is 0 Å². The van der Waals surface area contributed by atoms with Crippen molar-refractivity contribution in [2.45, 2.75) is 6.92 Å². The van der Waals surface area contributed by atoms with E-state index in [1.165, 1.54) is 23.0 Å². The van der Waals surface area contributed by atoms with Crippen molar-refractivity contribution >= 4 is 11.7 Å². The zero-order valence-electron chi connectivity index (χ0n) is 10.2. The Morgan fingerprint density at radius 2 is 2.37 bits per heavy atom. The highest BCUT2D eigenvalue weighted by atomic mass is 16.5. The fourth-order valence-electron chi connectivity index (χ4n) is 1.54. The van der Waals surface area contributed by atoms with Crippen molar-refractivity contribution in [2.24, 2.45) is 0 Å². The van der Waals surface area contributed by atoms with E-state index in [0.717, 1.165) is 0 Å². The third kappa shape index (κ3) is 2.37. The molecule has 0 unspecified atom stereocenters. The Balaban J connectivity index is 2.47. The molecule has 96 valence electrons. The number of carbonyl (C=O) groups excluding carboxylic acids is 1.